The average Bonchev–Trinajstić information content (AvgIpc) is 3.30. The fraction of sp³-hybridized carbons (Fsp3) is 0.444. The summed E-state index contributed by atoms with van der Waals surface area (Å²) in [6, 6.07) is 10.7. The van der Waals surface area contributed by atoms with Gasteiger partial charge >= 0.3 is 0 Å². The van der Waals surface area contributed by atoms with Crippen molar-refractivity contribution >= 4 is 11.6 Å². The number of amides is 1. The van der Waals surface area contributed by atoms with E-state index >= 15 is 0 Å². The highest BCUT2D eigenvalue weighted by molar-refractivity contribution is 5.83. The molecule has 2 heterocycles. The van der Waals surface area contributed by atoms with Crippen molar-refractivity contribution in [3.05, 3.63) is 29.3 Å². The summed E-state index contributed by atoms with van der Waals surface area (Å²) < 4.78 is 0. The first-order chi connectivity index (χ1) is 12.2. The molecule has 1 unspecified atom stereocenters. The molecule has 2 saturated heterocycles. The van der Waals surface area contributed by atoms with Gasteiger partial charge in [-0.15, -0.1) is 0 Å². The highest BCUT2D eigenvalue weighted by atomic mass is 16.2. The van der Waals surface area contributed by atoms with Crippen LogP contribution in [0, 0.1) is 34.0 Å². The van der Waals surface area contributed by atoms with Crippen LogP contribution in [0.4, 0.5) is 5.69 Å². The number of nitriles is 3. The fourth-order valence-electron chi connectivity index (χ4n) is 3.46. The second-order valence-corrected chi connectivity index (χ2v) is 6.34. The van der Waals surface area contributed by atoms with Gasteiger partial charge in [-0.05, 0) is 37.5 Å². The van der Waals surface area contributed by atoms with Crippen molar-refractivity contribution in [2.45, 2.75) is 37.4 Å². The third-order valence-corrected chi connectivity index (χ3v) is 4.75. The number of carbonyl (C=O) groups excluding carboxylic acids is 1. The lowest BCUT2D eigenvalue weighted by Crippen LogP contribution is -2.45. The van der Waals surface area contributed by atoms with Crippen LogP contribution >= 0.6 is 0 Å². The number of carbonyl (C=O) groups is 1. The van der Waals surface area contributed by atoms with Crippen LogP contribution in [0.15, 0.2) is 18.2 Å². The van der Waals surface area contributed by atoms with E-state index < -0.39 is 0 Å². The Morgan fingerprint density at radius 1 is 1.24 bits per heavy atom. The molecule has 2 fully saturated rings. The van der Waals surface area contributed by atoms with E-state index in [0.717, 1.165) is 18.5 Å². The zero-order valence-corrected chi connectivity index (χ0v) is 13.7. The lowest BCUT2D eigenvalue weighted by molar-refractivity contribution is -0.133. The summed E-state index contributed by atoms with van der Waals surface area (Å²) in [6.07, 6.45) is 2.24. The van der Waals surface area contributed by atoms with Crippen molar-refractivity contribution in [1.82, 2.24) is 10.2 Å². The Kier molecular flexibility index (Phi) is 4.84. The molecule has 0 spiro atoms. The SMILES string of the molecule is N#Cc1ccc(N[C@@H]2CNC(C(=O)N3CCC[C@H]3C#N)C2)cc1C#N. The molecule has 0 aromatic heterocycles. The Hall–Kier alpha value is -3.08. The molecule has 7 nitrogen and oxygen atoms in total. The zero-order valence-electron chi connectivity index (χ0n) is 13.7. The molecule has 3 atom stereocenters. The molecular formula is C18H18N6O. The molecule has 2 aliphatic rings. The quantitative estimate of drug-likeness (QED) is 0.855. The number of anilines is 1. The molecule has 2 N–H and O–H groups in total. The fourth-order valence-corrected chi connectivity index (χ4v) is 3.46. The van der Waals surface area contributed by atoms with Crippen molar-refractivity contribution in [1.29, 1.82) is 15.8 Å². The topological polar surface area (TPSA) is 116 Å². The monoisotopic (exact) mass is 334 g/mol. The first-order valence-electron chi connectivity index (χ1n) is 8.30. The average molecular weight is 334 g/mol. The van der Waals surface area contributed by atoms with Gasteiger partial charge in [-0.3, -0.25) is 4.79 Å². The summed E-state index contributed by atoms with van der Waals surface area (Å²) in [7, 11) is 0. The molecule has 0 aliphatic carbocycles. The lowest BCUT2D eigenvalue weighted by Gasteiger charge is -2.23. The second-order valence-electron chi connectivity index (χ2n) is 6.34. The van der Waals surface area contributed by atoms with E-state index in [-0.39, 0.29) is 24.0 Å². The van der Waals surface area contributed by atoms with Crippen LogP contribution < -0.4 is 10.6 Å². The molecule has 0 radical (unpaired) electrons. The van der Waals surface area contributed by atoms with Gasteiger partial charge < -0.3 is 15.5 Å². The van der Waals surface area contributed by atoms with Gasteiger partial charge in [0.1, 0.15) is 18.2 Å². The van der Waals surface area contributed by atoms with Crippen LogP contribution in [0.1, 0.15) is 30.4 Å². The summed E-state index contributed by atoms with van der Waals surface area (Å²) in [5.41, 5.74) is 1.44. The highest BCUT2D eigenvalue weighted by Crippen LogP contribution is 2.22. The number of nitrogens with one attached hydrogen (secondary N) is 2. The largest absolute Gasteiger partial charge is 0.381 e. The van der Waals surface area contributed by atoms with Crippen LogP contribution in [0.5, 0.6) is 0 Å². The van der Waals surface area contributed by atoms with E-state index in [2.05, 4.69) is 16.7 Å². The summed E-state index contributed by atoms with van der Waals surface area (Å²) in [5, 5.41) is 33.7. The van der Waals surface area contributed by atoms with Crippen LogP contribution in [-0.4, -0.2) is 42.0 Å². The Morgan fingerprint density at radius 2 is 2.04 bits per heavy atom. The molecular weight excluding hydrogens is 316 g/mol. The van der Waals surface area contributed by atoms with Crippen molar-refractivity contribution in [2.24, 2.45) is 0 Å². The van der Waals surface area contributed by atoms with Crippen molar-refractivity contribution < 1.29 is 4.79 Å². The maximum absolute atomic E-state index is 12.6. The van der Waals surface area contributed by atoms with Gasteiger partial charge in [0.2, 0.25) is 5.91 Å². The van der Waals surface area contributed by atoms with Crippen molar-refractivity contribution in [3.63, 3.8) is 0 Å². The van der Waals surface area contributed by atoms with Crippen LogP contribution in [-0.2, 0) is 4.79 Å². The summed E-state index contributed by atoms with van der Waals surface area (Å²) in [4.78, 5) is 14.3. The molecule has 0 bridgehead atoms. The molecule has 1 aromatic rings. The normalized spacial score (nSPS) is 25.0. The smallest absolute Gasteiger partial charge is 0.240 e. The van der Waals surface area contributed by atoms with Crippen molar-refractivity contribution in [2.75, 3.05) is 18.4 Å². The molecule has 0 saturated carbocycles. The molecule has 25 heavy (non-hydrogen) atoms. The van der Waals surface area contributed by atoms with Gasteiger partial charge in [-0.1, -0.05) is 0 Å². The minimum atomic E-state index is -0.307. The minimum absolute atomic E-state index is 0.00843. The first-order valence-corrected chi connectivity index (χ1v) is 8.30. The molecule has 2 aliphatic heterocycles. The maximum Gasteiger partial charge on any atom is 0.240 e. The molecule has 126 valence electrons. The van der Waals surface area contributed by atoms with E-state index in [1.54, 1.807) is 23.1 Å². The van der Waals surface area contributed by atoms with E-state index in [9.17, 15) is 4.79 Å². The first kappa shape index (κ1) is 16.8. The Labute approximate surface area is 146 Å². The molecule has 3 rings (SSSR count). The predicted molar refractivity (Wildman–Crippen MR) is 90.0 cm³/mol. The van der Waals surface area contributed by atoms with E-state index in [0.29, 0.717) is 30.6 Å². The summed E-state index contributed by atoms with van der Waals surface area (Å²) in [5.74, 6) is -0.00843. The minimum Gasteiger partial charge on any atom is -0.381 e. The number of nitrogens with zero attached hydrogens (tertiary/aromatic N) is 4. The third kappa shape index (κ3) is 3.40. The number of likely N-dealkylation sites (tertiary alicyclic amines) is 1. The second kappa shape index (κ2) is 7.21. The van der Waals surface area contributed by atoms with Crippen molar-refractivity contribution in [3.8, 4) is 18.2 Å². The predicted octanol–water partition coefficient (Wildman–Crippen LogP) is 1.09. The lowest BCUT2D eigenvalue weighted by atomic mass is 10.1. The third-order valence-electron chi connectivity index (χ3n) is 4.75. The van der Waals surface area contributed by atoms with Gasteiger partial charge in [-0.2, -0.15) is 15.8 Å². The summed E-state index contributed by atoms with van der Waals surface area (Å²) >= 11 is 0. The van der Waals surface area contributed by atoms with Gasteiger partial charge in [0.05, 0.1) is 23.2 Å². The molecule has 1 aromatic carbocycles. The number of rotatable bonds is 3. The number of hydrogen-bond acceptors (Lipinski definition) is 6. The van der Waals surface area contributed by atoms with E-state index in [1.807, 2.05) is 12.1 Å². The summed E-state index contributed by atoms with van der Waals surface area (Å²) in [6.45, 7) is 1.28. The van der Waals surface area contributed by atoms with Crippen LogP contribution in [0.2, 0.25) is 0 Å². The van der Waals surface area contributed by atoms with Crippen LogP contribution in [0.3, 0.4) is 0 Å². The molecule has 1 amide bonds. The zero-order chi connectivity index (χ0) is 17.8. The van der Waals surface area contributed by atoms with Gasteiger partial charge in [0.25, 0.3) is 0 Å². The van der Waals surface area contributed by atoms with E-state index in [4.69, 9.17) is 15.8 Å². The maximum atomic E-state index is 12.6. The Balaban J connectivity index is 1.62. The van der Waals surface area contributed by atoms with E-state index in [1.165, 1.54) is 0 Å². The van der Waals surface area contributed by atoms with Gasteiger partial charge in [-0.25, -0.2) is 0 Å². The number of hydrogen-bond donors (Lipinski definition) is 2. The molecule has 7 heteroatoms. The standard InChI is InChI=1S/C18H18N6O/c19-8-12-3-4-14(6-13(12)9-20)23-15-7-17(22-11-15)18(25)24-5-1-2-16(24)10-21/h3-4,6,15-17,22-23H,1-2,5,7,11H2/t15-,16-,17?/m0/s1. The Morgan fingerprint density at radius 3 is 2.76 bits per heavy atom. The van der Waals surface area contributed by atoms with Gasteiger partial charge in [0.15, 0.2) is 0 Å². The van der Waals surface area contributed by atoms with Gasteiger partial charge in [0, 0.05) is 24.8 Å². The Bertz CT molecular complexity index is 799. The highest BCUT2D eigenvalue weighted by Gasteiger charge is 2.37. The van der Waals surface area contributed by atoms with Crippen LogP contribution in [0.25, 0.3) is 0 Å². The number of benzene rings is 1.